The van der Waals surface area contributed by atoms with Gasteiger partial charge in [0, 0.05) is 19.6 Å². The maximum atomic E-state index is 12.1. The van der Waals surface area contributed by atoms with Crippen molar-refractivity contribution in [3.8, 4) is 11.8 Å². The zero-order valence-electron chi connectivity index (χ0n) is 27.5. The Morgan fingerprint density at radius 3 is 2.40 bits per heavy atom. The first kappa shape index (κ1) is 36.5. The molecule has 4 aromatic rings. The fourth-order valence-electron chi connectivity index (χ4n) is 6.06. The van der Waals surface area contributed by atoms with Crippen molar-refractivity contribution >= 4 is 39.9 Å². The minimum absolute atomic E-state index is 0.0466. The number of ether oxygens (including phenoxy) is 2. The van der Waals surface area contributed by atoms with Crippen LogP contribution in [-0.4, -0.2) is 151 Å². The van der Waals surface area contributed by atoms with Crippen molar-refractivity contribution in [1.29, 1.82) is 5.53 Å². The van der Waals surface area contributed by atoms with Crippen LogP contribution in [0.3, 0.4) is 0 Å². The number of aromatic nitrogens is 8. The van der Waals surface area contributed by atoms with Gasteiger partial charge in [-0.1, -0.05) is 5.92 Å². The quantitative estimate of drug-likeness (QED) is 0.0276. The van der Waals surface area contributed by atoms with E-state index in [-0.39, 0.29) is 60.6 Å². The van der Waals surface area contributed by atoms with Crippen LogP contribution in [0, 0.1) is 17.4 Å². The van der Waals surface area contributed by atoms with Gasteiger partial charge in [0.15, 0.2) is 46.7 Å². The highest BCUT2D eigenvalue weighted by Crippen LogP contribution is 2.34. The summed E-state index contributed by atoms with van der Waals surface area (Å²) < 4.78 is 14.7. The van der Waals surface area contributed by atoms with Crippen LogP contribution in [0.4, 0.5) is 11.6 Å². The Morgan fingerprint density at radius 1 is 0.981 bits per heavy atom. The molecule has 0 unspecified atom stereocenters. The maximum absolute atomic E-state index is 12.1. The van der Waals surface area contributed by atoms with E-state index in [0.29, 0.717) is 30.7 Å². The van der Waals surface area contributed by atoms with Gasteiger partial charge in [-0.25, -0.2) is 29.9 Å². The maximum Gasteiger partial charge on any atom is 0.222 e. The van der Waals surface area contributed by atoms with Crippen molar-refractivity contribution in [3.05, 3.63) is 24.8 Å². The Morgan fingerprint density at radius 2 is 1.67 bits per heavy atom. The van der Waals surface area contributed by atoms with Crippen molar-refractivity contribution < 1.29 is 39.8 Å². The lowest BCUT2D eigenvalue weighted by Crippen LogP contribution is -2.41. The van der Waals surface area contributed by atoms with E-state index in [0.717, 1.165) is 0 Å². The van der Waals surface area contributed by atoms with Crippen LogP contribution < -0.4 is 21.7 Å². The van der Waals surface area contributed by atoms with Crippen LogP contribution in [0.5, 0.6) is 0 Å². The van der Waals surface area contributed by atoms with E-state index in [1.54, 1.807) is 0 Å². The van der Waals surface area contributed by atoms with E-state index in [1.807, 2.05) is 4.90 Å². The van der Waals surface area contributed by atoms with Gasteiger partial charge in [0.1, 0.15) is 72.0 Å². The molecule has 1 amide bonds. The summed E-state index contributed by atoms with van der Waals surface area (Å²) in [6.07, 6.45) is -5.37. The molecule has 2 fully saturated rings. The molecule has 0 aromatic carbocycles. The number of hydrogen-bond donors (Lipinski definition) is 9. The van der Waals surface area contributed by atoms with Gasteiger partial charge < -0.3 is 51.8 Å². The van der Waals surface area contributed by atoms with E-state index in [1.165, 1.54) is 28.1 Å². The van der Waals surface area contributed by atoms with Crippen LogP contribution in [0.15, 0.2) is 24.1 Å². The van der Waals surface area contributed by atoms with Gasteiger partial charge >= 0.3 is 0 Å². The van der Waals surface area contributed by atoms with Gasteiger partial charge in [-0.3, -0.25) is 18.8 Å². The summed E-state index contributed by atoms with van der Waals surface area (Å²) in [7, 11) is 0. The molecule has 52 heavy (non-hydrogen) atoms. The summed E-state index contributed by atoms with van der Waals surface area (Å²) in [5.74, 6) is 5.99. The summed E-state index contributed by atoms with van der Waals surface area (Å²) >= 11 is 0. The zero-order chi connectivity index (χ0) is 36.9. The summed E-state index contributed by atoms with van der Waals surface area (Å²) in [6.45, 7) is 0.358. The lowest BCUT2D eigenvalue weighted by molar-refractivity contribution is -0.120. The molecule has 0 aliphatic carbocycles. The topological polar surface area (TPSA) is 341 Å². The summed E-state index contributed by atoms with van der Waals surface area (Å²) in [4.78, 5) is 41.9. The van der Waals surface area contributed by atoms with E-state index in [2.05, 4.69) is 57.1 Å². The van der Waals surface area contributed by atoms with Crippen molar-refractivity contribution in [2.24, 2.45) is 5.11 Å². The van der Waals surface area contributed by atoms with Crippen molar-refractivity contribution in [2.45, 2.75) is 61.9 Å². The highest BCUT2D eigenvalue weighted by atomic mass is 16.6. The van der Waals surface area contributed by atoms with Crippen LogP contribution in [0.2, 0.25) is 0 Å². The first-order valence-corrected chi connectivity index (χ1v) is 16.2. The lowest BCUT2D eigenvalue weighted by Gasteiger charge is -2.25. The summed E-state index contributed by atoms with van der Waals surface area (Å²) in [5.41, 5.74) is 19.7. The van der Waals surface area contributed by atoms with Crippen LogP contribution in [0.1, 0.15) is 31.1 Å². The Kier molecular flexibility index (Phi) is 11.2. The monoisotopic (exact) mass is 724 g/mol. The number of aliphatic hydroxyl groups is 5. The fraction of sp³-hybridized carbons (Fsp3) is 0.552. The molecule has 276 valence electrons. The smallest absolute Gasteiger partial charge is 0.222 e. The molecule has 4 aromatic heterocycles. The summed E-state index contributed by atoms with van der Waals surface area (Å²) in [6, 6.07) is 0. The second-order valence-electron chi connectivity index (χ2n) is 12.1. The summed E-state index contributed by atoms with van der Waals surface area (Å²) in [5, 5.41) is 59.2. The van der Waals surface area contributed by atoms with Gasteiger partial charge in [0.25, 0.3) is 0 Å². The first-order valence-electron chi connectivity index (χ1n) is 16.2. The van der Waals surface area contributed by atoms with Gasteiger partial charge in [-0.05, 0) is 12.3 Å². The Hall–Kier alpha value is -5.28. The molecule has 11 N–H and O–H groups in total. The molecule has 2 aliphatic heterocycles. The van der Waals surface area contributed by atoms with Crippen LogP contribution in [-0.2, 0) is 14.3 Å². The van der Waals surface area contributed by atoms with Crippen LogP contribution in [0.25, 0.3) is 22.3 Å². The second kappa shape index (κ2) is 15.9. The third-order valence-electron chi connectivity index (χ3n) is 8.70. The highest BCUT2D eigenvalue weighted by Gasteiger charge is 2.46. The minimum Gasteiger partial charge on any atom is -0.394 e. The Labute approximate surface area is 293 Å². The standard InChI is InChI=1S/C29H37N15O8/c30-24-18-26(36-11-34-24)43(13-38-18)28-22(49)20(47)14(51-28)9-42(8-2-5-33-17(46)4-6-39-41-32)7-1-3-16-40-19-25(31)35-12-37-27(19)44(16)29-23(50)21(48)15(10-45)52-29/h11-15,20-23,28-29,32,45,47-50H,2,4-10H2,(H4-,30,31,33,34,35,36,37,46)/p+1/t14-,15-,20-,21-,22-,23-,28-,29-/m1/s1. The molecule has 8 atom stereocenters. The number of aliphatic hydroxyl groups excluding tert-OH is 5. The average molecular weight is 725 g/mol. The number of imidazole rings is 2. The molecule has 6 heterocycles. The van der Waals surface area contributed by atoms with Crippen molar-refractivity contribution in [3.63, 3.8) is 0 Å². The molecule has 23 heteroatoms. The van der Waals surface area contributed by atoms with E-state index >= 15 is 0 Å². The average Bonchev–Trinajstić information content (AvgIpc) is 3.87. The molecule has 2 saturated heterocycles. The number of anilines is 2. The number of nitrogens with one attached hydrogen (secondary N) is 2. The van der Waals surface area contributed by atoms with Gasteiger partial charge in [0.05, 0.1) is 25.9 Å². The SMILES string of the molecule is N=[N+]=NCCC(=O)NCCCN(CC#Cc1nc2c(N)ncnc2n1[C@@H]1O[C@H](CO)[C@@H](O)[C@H]1O)C[C@H]1O[C@@H](n2cnc3c(N)ncnc32)[C@H](O)[C@@H]1O. The number of amides is 1. The Bertz CT molecular complexity index is 2010. The van der Waals surface area contributed by atoms with E-state index in [4.69, 9.17) is 26.5 Å². The molecule has 0 spiro atoms. The lowest BCUT2D eigenvalue weighted by atomic mass is 10.1. The number of hydrogen-bond acceptors (Lipinski definition) is 19. The highest BCUT2D eigenvalue weighted by molar-refractivity contribution is 5.83. The molecule has 23 nitrogen and oxygen atoms in total. The largest absolute Gasteiger partial charge is 0.394 e. The fourth-order valence-corrected chi connectivity index (χ4v) is 6.06. The molecule has 0 saturated carbocycles. The van der Waals surface area contributed by atoms with E-state index in [9.17, 15) is 30.3 Å². The number of carbonyl (C=O) groups is 1. The van der Waals surface area contributed by atoms with Gasteiger partial charge in [-0.2, -0.15) is 0 Å². The van der Waals surface area contributed by atoms with Crippen LogP contribution >= 0.6 is 0 Å². The third kappa shape index (κ3) is 7.37. The van der Waals surface area contributed by atoms with Gasteiger partial charge in [-0.15, -0.1) is 0 Å². The van der Waals surface area contributed by atoms with E-state index < -0.39 is 55.7 Å². The molecule has 2 aliphatic rings. The van der Waals surface area contributed by atoms with Crippen molar-refractivity contribution in [2.75, 3.05) is 50.8 Å². The predicted octanol–water partition coefficient (Wildman–Crippen LogP) is -3.84. The van der Waals surface area contributed by atoms with Crippen molar-refractivity contribution in [1.82, 2.24) is 54.2 Å². The second-order valence-corrected chi connectivity index (χ2v) is 12.1. The number of fused-ring (bicyclic) bond motifs is 2. The number of carbonyl (C=O) groups excluding carboxylic acids is 1. The molecule has 6 rings (SSSR count). The number of rotatable bonds is 13. The predicted molar refractivity (Wildman–Crippen MR) is 176 cm³/mol. The molecular weight excluding hydrogens is 686 g/mol. The molecule has 0 bridgehead atoms. The molecular formula is C29H38N15O8+. The third-order valence-corrected chi connectivity index (χ3v) is 8.70. The minimum atomic E-state index is -1.45. The first-order chi connectivity index (χ1) is 25.1. The molecule has 0 radical (unpaired) electrons. The normalized spacial score (nSPS) is 25.7. The zero-order valence-corrected chi connectivity index (χ0v) is 27.5. The number of nitrogens with two attached hydrogens (primary N) is 2. The number of nitrogen functional groups attached to an aromatic ring is 2. The Balaban J connectivity index is 1.23. The van der Waals surface area contributed by atoms with Gasteiger partial charge in [0.2, 0.25) is 10.8 Å². The number of nitrogens with zero attached hydrogens (tertiary/aromatic N) is 11.